The van der Waals surface area contributed by atoms with Crippen molar-refractivity contribution in [1.29, 1.82) is 0 Å². The molecule has 7 heteroatoms. The topological polar surface area (TPSA) is 67.6 Å². The Kier molecular flexibility index (Phi) is 5.20. The number of amides is 1. The number of benzene rings is 1. The number of nitrogens with zero attached hydrogens (tertiary/aromatic N) is 1. The van der Waals surface area contributed by atoms with Crippen LogP contribution in [-0.2, 0) is 21.2 Å². The maximum atomic E-state index is 12.3. The van der Waals surface area contributed by atoms with Crippen LogP contribution >= 0.6 is 11.6 Å². The van der Waals surface area contributed by atoms with Crippen molar-refractivity contribution in [2.24, 2.45) is 0 Å². The van der Waals surface area contributed by atoms with Crippen molar-refractivity contribution in [3.63, 3.8) is 0 Å². The van der Waals surface area contributed by atoms with E-state index in [1.54, 1.807) is 17.9 Å². The maximum Gasteiger partial charge on any atom is 0.222 e. The summed E-state index contributed by atoms with van der Waals surface area (Å²) in [4.78, 5) is 13.9. The molecule has 0 spiro atoms. The highest BCUT2D eigenvalue weighted by atomic mass is 35.5. The van der Waals surface area contributed by atoms with E-state index in [0.717, 1.165) is 5.56 Å². The SMILES string of the molecule is CCC(=O)N(Cc1ccc(-c2cccc(Cl)c2)o1)[C@@H]1CCS(=O)(=O)C1. The number of carbonyl (C=O) groups excluding carboxylic acids is 1. The normalized spacial score (nSPS) is 19.0. The summed E-state index contributed by atoms with van der Waals surface area (Å²) in [5, 5.41) is 0.620. The Bertz CT molecular complexity index is 875. The van der Waals surface area contributed by atoms with Crippen LogP contribution in [0, 0.1) is 0 Å². The molecular weight excluding hydrogens is 362 g/mol. The first-order valence-electron chi connectivity index (χ1n) is 8.22. The number of carbonyl (C=O) groups is 1. The van der Waals surface area contributed by atoms with Gasteiger partial charge in [-0.1, -0.05) is 30.7 Å². The second-order valence-electron chi connectivity index (χ2n) is 6.21. The van der Waals surface area contributed by atoms with Crippen LogP contribution in [0.15, 0.2) is 40.8 Å². The third kappa shape index (κ3) is 4.25. The van der Waals surface area contributed by atoms with Crippen LogP contribution < -0.4 is 0 Å². The molecule has 25 heavy (non-hydrogen) atoms. The lowest BCUT2D eigenvalue weighted by atomic mass is 10.2. The lowest BCUT2D eigenvalue weighted by Gasteiger charge is -2.27. The van der Waals surface area contributed by atoms with Gasteiger partial charge in [0.25, 0.3) is 0 Å². The lowest BCUT2D eigenvalue weighted by molar-refractivity contribution is -0.133. The van der Waals surface area contributed by atoms with Gasteiger partial charge in [-0.15, -0.1) is 0 Å². The van der Waals surface area contributed by atoms with Crippen molar-refractivity contribution in [2.75, 3.05) is 11.5 Å². The quantitative estimate of drug-likeness (QED) is 0.794. The minimum atomic E-state index is -3.06. The van der Waals surface area contributed by atoms with Gasteiger partial charge in [0.15, 0.2) is 9.84 Å². The number of rotatable bonds is 5. The zero-order valence-electron chi connectivity index (χ0n) is 13.9. The minimum absolute atomic E-state index is 0.0284. The van der Waals surface area contributed by atoms with Crippen LogP contribution in [0.4, 0.5) is 0 Å². The van der Waals surface area contributed by atoms with Gasteiger partial charge in [-0.3, -0.25) is 4.79 Å². The lowest BCUT2D eigenvalue weighted by Crippen LogP contribution is -2.40. The van der Waals surface area contributed by atoms with Crippen LogP contribution in [-0.4, -0.2) is 36.8 Å². The number of sulfone groups is 1. The van der Waals surface area contributed by atoms with Crippen LogP contribution in [0.25, 0.3) is 11.3 Å². The van der Waals surface area contributed by atoms with E-state index in [9.17, 15) is 13.2 Å². The monoisotopic (exact) mass is 381 g/mol. The molecule has 1 atom stereocenters. The summed E-state index contributed by atoms with van der Waals surface area (Å²) >= 11 is 6.01. The number of furan rings is 1. The van der Waals surface area contributed by atoms with Gasteiger partial charge in [0, 0.05) is 23.0 Å². The Labute approximate surface area is 152 Å². The Hall–Kier alpha value is -1.79. The van der Waals surface area contributed by atoms with E-state index in [1.807, 2.05) is 30.3 Å². The first-order chi connectivity index (χ1) is 11.9. The standard InChI is InChI=1S/C18H20ClNO4S/c1-2-18(21)20(15-8-9-25(22,23)12-15)11-16-6-7-17(24-16)13-4-3-5-14(19)10-13/h3-7,10,15H,2,8-9,11-12H2,1H3/t15-/m1/s1. The average Bonchev–Trinajstić information content (AvgIpc) is 3.18. The fourth-order valence-electron chi connectivity index (χ4n) is 3.07. The van der Waals surface area contributed by atoms with Crippen LogP contribution in [0.5, 0.6) is 0 Å². The van der Waals surface area contributed by atoms with Crippen LogP contribution in [0.3, 0.4) is 0 Å². The van der Waals surface area contributed by atoms with E-state index in [1.165, 1.54) is 0 Å². The van der Waals surface area contributed by atoms with Crippen molar-refractivity contribution >= 4 is 27.3 Å². The molecule has 3 rings (SSSR count). The number of hydrogen-bond acceptors (Lipinski definition) is 4. The molecule has 1 saturated heterocycles. The summed E-state index contributed by atoms with van der Waals surface area (Å²) in [6, 6.07) is 10.7. The first kappa shape index (κ1) is 18.0. The molecule has 2 aromatic rings. The fourth-order valence-corrected chi connectivity index (χ4v) is 4.99. The van der Waals surface area contributed by atoms with E-state index >= 15 is 0 Å². The summed E-state index contributed by atoms with van der Waals surface area (Å²) in [5.41, 5.74) is 0.857. The molecule has 1 aliphatic rings. The van der Waals surface area contributed by atoms with E-state index in [-0.39, 0.29) is 30.0 Å². The molecule has 0 aliphatic carbocycles. The largest absolute Gasteiger partial charge is 0.459 e. The molecule has 2 heterocycles. The minimum Gasteiger partial charge on any atom is -0.459 e. The average molecular weight is 382 g/mol. The third-order valence-electron chi connectivity index (χ3n) is 4.37. The van der Waals surface area contributed by atoms with Crippen molar-refractivity contribution in [3.8, 4) is 11.3 Å². The van der Waals surface area contributed by atoms with Crippen molar-refractivity contribution < 1.29 is 17.6 Å². The van der Waals surface area contributed by atoms with Gasteiger partial charge in [0.2, 0.25) is 5.91 Å². The van der Waals surface area contributed by atoms with E-state index in [2.05, 4.69) is 0 Å². The maximum absolute atomic E-state index is 12.3. The molecule has 134 valence electrons. The predicted molar refractivity (Wildman–Crippen MR) is 97.1 cm³/mol. The van der Waals surface area contributed by atoms with Gasteiger partial charge in [-0.2, -0.15) is 0 Å². The second-order valence-corrected chi connectivity index (χ2v) is 8.87. The predicted octanol–water partition coefficient (Wildman–Crippen LogP) is 3.53. The zero-order chi connectivity index (χ0) is 18.0. The Morgan fingerprint density at radius 2 is 2.12 bits per heavy atom. The molecule has 1 aromatic carbocycles. The summed E-state index contributed by atoms with van der Waals surface area (Å²) in [6.45, 7) is 2.05. The highest BCUT2D eigenvalue weighted by Crippen LogP contribution is 2.27. The molecule has 0 unspecified atom stereocenters. The summed E-state index contributed by atoms with van der Waals surface area (Å²) in [7, 11) is -3.06. The molecule has 1 fully saturated rings. The van der Waals surface area contributed by atoms with Crippen molar-refractivity contribution in [1.82, 2.24) is 4.90 Å². The van der Waals surface area contributed by atoms with Crippen LogP contribution in [0.1, 0.15) is 25.5 Å². The van der Waals surface area contributed by atoms with E-state index in [4.69, 9.17) is 16.0 Å². The molecule has 1 aromatic heterocycles. The summed E-state index contributed by atoms with van der Waals surface area (Å²) in [5.74, 6) is 1.39. The third-order valence-corrected chi connectivity index (χ3v) is 6.35. The highest BCUT2D eigenvalue weighted by molar-refractivity contribution is 7.91. The second kappa shape index (κ2) is 7.22. The van der Waals surface area contributed by atoms with Crippen molar-refractivity contribution in [3.05, 3.63) is 47.2 Å². The Balaban J connectivity index is 1.80. The van der Waals surface area contributed by atoms with Gasteiger partial charge in [-0.25, -0.2) is 8.42 Å². The fraction of sp³-hybridized carbons (Fsp3) is 0.389. The summed E-state index contributed by atoms with van der Waals surface area (Å²) in [6.07, 6.45) is 0.814. The summed E-state index contributed by atoms with van der Waals surface area (Å²) < 4.78 is 29.4. The van der Waals surface area contributed by atoms with Crippen molar-refractivity contribution in [2.45, 2.75) is 32.4 Å². The molecule has 0 N–H and O–H groups in total. The molecule has 0 saturated carbocycles. The smallest absolute Gasteiger partial charge is 0.222 e. The van der Waals surface area contributed by atoms with E-state index < -0.39 is 9.84 Å². The molecule has 5 nitrogen and oxygen atoms in total. The van der Waals surface area contributed by atoms with Gasteiger partial charge in [-0.05, 0) is 30.7 Å². The highest BCUT2D eigenvalue weighted by Gasteiger charge is 2.34. The van der Waals surface area contributed by atoms with Gasteiger partial charge >= 0.3 is 0 Å². The zero-order valence-corrected chi connectivity index (χ0v) is 15.5. The molecular formula is C18H20ClNO4S. The van der Waals surface area contributed by atoms with Gasteiger partial charge < -0.3 is 9.32 Å². The number of halogens is 1. The molecule has 1 aliphatic heterocycles. The Morgan fingerprint density at radius 3 is 2.76 bits per heavy atom. The van der Waals surface area contributed by atoms with Crippen LogP contribution in [0.2, 0.25) is 5.02 Å². The molecule has 0 bridgehead atoms. The first-order valence-corrected chi connectivity index (χ1v) is 10.4. The number of hydrogen-bond donors (Lipinski definition) is 0. The van der Waals surface area contributed by atoms with Gasteiger partial charge in [0.05, 0.1) is 18.1 Å². The molecule has 0 radical (unpaired) electrons. The van der Waals surface area contributed by atoms with E-state index in [0.29, 0.717) is 29.4 Å². The Morgan fingerprint density at radius 1 is 1.32 bits per heavy atom. The molecule has 1 amide bonds. The van der Waals surface area contributed by atoms with Gasteiger partial charge in [0.1, 0.15) is 11.5 Å².